The van der Waals surface area contributed by atoms with Crippen molar-refractivity contribution in [2.75, 3.05) is 24.3 Å². The molecule has 0 aliphatic carbocycles. The van der Waals surface area contributed by atoms with Gasteiger partial charge in [-0.3, -0.25) is 4.79 Å². The lowest BCUT2D eigenvalue weighted by atomic mass is 10.2. The van der Waals surface area contributed by atoms with Gasteiger partial charge in [0.05, 0.1) is 0 Å². The molecule has 0 spiro atoms. The van der Waals surface area contributed by atoms with E-state index in [2.05, 4.69) is 10.3 Å². The molecule has 2 heterocycles. The van der Waals surface area contributed by atoms with Gasteiger partial charge >= 0.3 is 0 Å². The smallest absolute Gasteiger partial charge is 0.189 e. The Hall–Kier alpha value is -2.28. The van der Waals surface area contributed by atoms with Crippen molar-refractivity contribution in [1.82, 2.24) is 4.98 Å². The molecule has 0 amide bonds. The molecule has 1 aromatic carbocycles. The molecule has 1 aromatic heterocycles. The van der Waals surface area contributed by atoms with Gasteiger partial charge in [0.1, 0.15) is 23.9 Å². The fraction of sp³-hybridized carbons (Fsp3) is 0.286. The number of carbonyl (C=O) groups is 1. The third kappa shape index (κ3) is 2.78. The standard InChI is InChI=1S/C14H15N3O3S/c1-2-9(18)12-13(15)17-14(21-12)16-8-3-4-10-11(7-8)20-6-5-19-10/h3-4,7H,2,5-6,15H2,1H3,(H,16,17). The minimum Gasteiger partial charge on any atom is -0.486 e. The molecule has 6 nitrogen and oxygen atoms in total. The van der Waals surface area contributed by atoms with Crippen molar-refractivity contribution in [3.8, 4) is 11.5 Å². The number of nitrogens with zero attached hydrogens (tertiary/aromatic N) is 1. The zero-order chi connectivity index (χ0) is 14.8. The predicted molar refractivity (Wildman–Crippen MR) is 81.9 cm³/mol. The van der Waals surface area contributed by atoms with Gasteiger partial charge in [0, 0.05) is 18.2 Å². The van der Waals surface area contributed by atoms with Gasteiger partial charge in [-0.2, -0.15) is 0 Å². The average Bonchev–Trinajstić information content (AvgIpc) is 2.87. The first-order chi connectivity index (χ1) is 10.2. The van der Waals surface area contributed by atoms with Gasteiger partial charge in [-0.25, -0.2) is 4.98 Å². The van der Waals surface area contributed by atoms with E-state index in [1.54, 1.807) is 6.92 Å². The van der Waals surface area contributed by atoms with Crippen LogP contribution in [-0.2, 0) is 0 Å². The fourth-order valence-corrected chi connectivity index (χ4v) is 2.90. The highest BCUT2D eigenvalue weighted by molar-refractivity contribution is 7.18. The lowest BCUT2D eigenvalue weighted by Gasteiger charge is -2.18. The highest BCUT2D eigenvalue weighted by atomic mass is 32.1. The number of hydrogen-bond acceptors (Lipinski definition) is 7. The van der Waals surface area contributed by atoms with Crippen LogP contribution < -0.4 is 20.5 Å². The first kappa shape index (κ1) is 13.7. The largest absolute Gasteiger partial charge is 0.486 e. The Morgan fingerprint density at radius 1 is 1.38 bits per heavy atom. The van der Waals surface area contributed by atoms with Crippen LogP contribution in [0.15, 0.2) is 18.2 Å². The predicted octanol–water partition coefficient (Wildman–Crippen LogP) is 2.83. The molecule has 3 rings (SSSR count). The molecule has 0 saturated heterocycles. The van der Waals surface area contributed by atoms with Crippen molar-refractivity contribution in [1.29, 1.82) is 0 Å². The Bertz CT molecular complexity index is 684. The molecular weight excluding hydrogens is 290 g/mol. The maximum absolute atomic E-state index is 11.7. The van der Waals surface area contributed by atoms with E-state index < -0.39 is 0 Å². The number of aromatic nitrogens is 1. The second-order valence-electron chi connectivity index (χ2n) is 4.49. The summed E-state index contributed by atoms with van der Waals surface area (Å²) < 4.78 is 11.0. The number of ketones is 1. The molecule has 1 aliphatic heterocycles. The van der Waals surface area contributed by atoms with Gasteiger partial charge in [0.15, 0.2) is 22.4 Å². The summed E-state index contributed by atoms with van der Waals surface area (Å²) in [6, 6.07) is 5.55. The van der Waals surface area contributed by atoms with Crippen LogP contribution in [0.5, 0.6) is 11.5 Å². The lowest BCUT2D eigenvalue weighted by Crippen LogP contribution is -2.15. The van der Waals surface area contributed by atoms with E-state index in [0.717, 1.165) is 11.4 Å². The molecule has 110 valence electrons. The molecule has 21 heavy (non-hydrogen) atoms. The minimum atomic E-state index is 0.000208. The normalized spacial score (nSPS) is 13.0. The van der Waals surface area contributed by atoms with E-state index in [1.165, 1.54) is 11.3 Å². The quantitative estimate of drug-likeness (QED) is 0.845. The number of hydrogen-bond donors (Lipinski definition) is 2. The molecular formula is C14H15N3O3S. The van der Waals surface area contributed by atoms with Gasteiger partial charge in [-0.15, -0.1) is 0 Å². The Kier molecular flexibility index (Phi) is 3.66. The van der Waals surface area contributed by atoms with E-state index in [1.807, 2.05) is 18.2 Å². The third-order valence-corrected chi connectivity index (χ3v) is 4.05. The summed E-state index contributed by atoms with van der Waals surface area (Å²) in [5.41, 5.74) is 6.58. The number of thiazole rings is 1. The number of nitrogens with one attached hydrogen (secondary N) is 1. The van der Waals surface area contributed by atoms with E-state index in [-0.39, 0.29) is 11.6 Å². The summed E-state index contributed by atoms with van der Waals surface area (Å²) in [5, 5.41) is 3.72. The van der Waals surface area contributed by atoms with Crippen LogP contribution >= 0.6 is 11.3 Å². The number of ether oxygens (including phenoxy) is 2. The van der Waals surface area contributed by atoms with Crippen LogP contribution in [0.3, 0.4) is 0 Å². The molecule has 1 aliphatic rings. The van der Waals surface area contributed by atoms with Crippen LogP contribution in [0.1, 0.15) is 23.0 Å². The Morgan fingerprint density at radius 3 is 2.90 bits per heavy atom. The molecule has 0 radical (unpaired) electrons. The maximum atomic E-state index is 11.7. The van der Waals surface area contributed by atoms with Crippen LogP contribution in [0.2, 0.25) is 0 Å². The Morgan fingerprint density at radius 2 is 2.14 bits per heavy atom. The first-order valence-corrected chi connectivity index (χ1v) is 7.45. The Labute approximate surface area is 125 Å². The molecule has 0 unspecified atom stereocenters. The number of benzene rings is 1. The topological polar surface area (TPSA) is 86.5 Å². The van der Waals surface area contributed by atoms with Crippen LogP contribution in [0.25, 0.3) is 0 Å². The number of Topliss-reactive ketones (excluding diaryl/α,β-unsaturated/α-hetero) is 1. The first-order valence-electron chi connectivity index (χ1n) is 6.63. The van der Waals surface area contributed by atoms with E-state index in [0.29, 0.717) is 35.4 Å². The van der Waals surface area contributed by atoms with E-state index in [4.69, 9.17) is 15.2 Å². The van der Waals surface area contributed by atoms with Gasteiger partial charge < -0.3 is 20.5 Å². The summed E-state index contributed by atoms with van der Waals surface area (Å²) in [6.45, 7) is 2.90. The highest BCUT2D eigenvalue weighted by Gasteiger charge is 2.16. The summed E-state index contributed by atoms with van der Waals surface area (Å²) in [5.74, 6) is 1.69. The maximum Gasteiger partial charge on any atom is 0.189 e. The zero-order valence-electron chi connectivity index (χ0n) is 11.5. The van der Waals surface area contributed by atoms with Crippen LogP contribution in [0.4, 0.5) is 16.6 Å². The van der Waals surface area contributed by atoms with Crippen molar-refractivity contribution >= 4 is 33.8 Å². The number of fused-ring (bicyclic) bond motifs is 1. The molecule has 0 fully saturated rings. The summed E-state index contributed by atoms with van der Waals surface area (Å²) in [4.78, 5) is 16.4. The van der Waals surface area contributed by atoms with E-state index >= 15 is 0 Å². The van der Waals surface area contributed by atoms with Crippen molar-refractivity contribution in [3.05, 3.63) is 23.1 Å². The van der Waals surface area contributed by atoms with Gasteiger partial charge in [-0.1, -0.05) is 18.3 Å². The number of rotatable bonds is 4. The monoisotopic (exact) mass is 305 g/mol. The van der Waals surface area contributed by atoms with Crippen molar-refractivity contribution in [3.63, 3.8) is 0 Å². The second kappa shape index (κ2) is 5.61. The SMILES string of the molecule is CCC(=O)c1sc(Nc2ccc3c(c2)OCCO3)nc1N. The highest BCUT2D eigenvalue weighted by Crippen LogP contribution is 2.35. The van der Waals surface area contributed by atoms with Crippen molar-refractivity contribution in [2.24, 2.45) is 0 Å². The van der Waals surface area contributed by atoms with E-state index in [9.17, 15) is 4.79 Å². The summed E-state index contributed by atoms with van der Waals surface area (Å²) in [7, 11) is 0. The third-order valence-electron chi connectivity index (χ3n) is 3.02. The fourth-order valence-electron chi connectivity index (χ4n) is 1.99. The molecule has 2 aromatic rings. The van der Waals surface area contributed by atoms with Gasteiger partial charge in [0.25, 0.3) is 0 Å². The van der Waals surface area contributed by atoms with Gasteiger partial charge in [0.2, 0.25) is 0 Å². The molecule has 3 N–H and O–H groups in total. The summed E-state index contributed by atoms with van der Waals surface area (Å²) >= 11 is 1.26. The Balaban J connectivity index is 1.82. The van der Waals surface area contributed by atoms with Crippen LogP contribution in [-0.4, -0.2) is 24.0 Å². The number of nitrogens with two attached hydrogens (primary N) is 1. The van der Waals surface area contributed by atoms with Crippen LogP contribution in [0, 0.1) is 0 Å². The number of carbonyl (C=O) groups excluding carboxylic acids is 1. The molecule has 0 bridgehead atoms. The average molecular weight is 305 g/mol. The molecule has 0 saturated carbocycles. The summed E-state index contributed by atoms with van der Waals surface area (Å²) in [6.07, 6.45) is 0.413. The molecule has 7 heteroatoms. The van der Waals surface area contributed by atoms with Crippen molar-refractivity contribution < 1.29 is 14.3 Å². The molecule has 0 atom stereocenters. The van der Waals surface area contributed by atoms with Crippen molar-refractivity contribution in [2.45, 2.75) is 13.3 Å². The lowest BCUT2D eigenvalue weighted by molar-refractivity contribution is 0.0992. The number of nitrogen functional groups attached to an aromatic ring is 1. The van der Waals surface area contributed by atoms with Gasteiger partial charge in [-0.05, 0) is 12.1 Å². The minimum absolute atomic E-state index is 0.000208. The number of anilines is 3. The zero-order valence-corrected chi connectivity index (χ0v) is 12.3. The second-order valence-corrected chi connectivity index (χ2v) is 5.49.